The first-order chi connectivity index (χ1) is 9.45. The van der Waals surface area contributed by atoms with Gasteiger partial charge in [0, 0.05) is 12.6 Å². The van der Waals surface area contributed by atoms with Crippen LogP contribution in [0.15, 0.2) is 41.6 Å². The Labute approximate surface area is 122 Å². The molecule has 0 aliphatic heterocycles. The number of hydrogen-bond donors (Lipinski definition) is 2. The molecule has 0 aliphatic carbocycles. The van der Waals surface area contributed by atoms with Crippen molar-refractivity contribution in [3.8, 4) is 0 Å². The lowest BCUT2D eigenvalue weighted by atomic mass is 10.1. The van der Waals surface area contributed by atoms with Crippen LogP contribution in [0, 0.1) is 0 Å². The van der Waals surface area contributed by atoms with Crippen LogP contribution in [0.1, 0.15) is 5.56 Å². The summed E-state index contributed by atoms with van der Waals surface area (Å²) in [6.07, 6.45) is 2.10. The third-order valence-electron chi connectivity index (χ3n) is 2.61. The van der Waals surface area contributed by atoms with Gasteiger partial charge >= 0.3 is 0 Å². The molecule has 20 heavy (non-hydrogen) atoms. The number of hydrogen-bond acceptors (Lipinski definition) is 5. The second kappa shape index (κ2) is 6.17. The highest BCUT2D eigenvalue weighted by Crippen LogP contribution is 2.11. The van der Waals surface area contributed by atoms with Crippen LogP contribution >= 0.6 is 11.6 Å². The second-order valence-electron chi connectivity index (χ2n) is 4.09. The van der Waals surface area contributed by atoms with Gasteiger partial charge in [-0.1, -0.05) is 23.7 Å². The summed E-state index contributed by atoms with van der Waals surface area (Å²) in [4.78, 5) is 7.91. The number of anilines is 1. The fraction of sp³-hybridized carbons (Fsp3) is 0.167. The molecule has 0 saturated carbocycles. The standard InChI is InChI=1S/C12H13ClN4O2S/c13-11-7-12(17-8-16-11)15-6-5-9-1-3-10(4-2-9)20(14,18)19/h1-4,7-8H,5-6H2,(H2,14,18,19)(H,15,16,17). The van der Waals surface area contributed by atoms with E-state index < -0.39 is 10.0 Å². The van der Waals surface area contributed by atoms with Gasteiger partial charge in [0.05, 0.1) is 4.90 Å². The maximum Gasteiger partial charge on any atom is 0.238 e. The highest BCUT2D eigenvalue weighted by Gasteiger charge is 2.06. The lowest BCUT2D eigenvalue weighted by molar-refractivity contribution is 0.598. The first kappa shape index (κ1) is 14.7. The van der Waals surface area contributed by atoms with E-state index in [0.29, 0.717) is 23.9 Å². The van der Waals surface area contributed by atoms with Gasteiger partial charge < -0.3 is 5.32 Å². The fourth-order valence-electron chi connectivity index (χ4n) is 1.61. The molecule has 0 saturated heterocycles. The highest BCUT2D eigenvalue weighted by molar-refractivity contribution is 7.89. The van der Waals surface area contributed by atoms with E-state index in [9.17, 15) is 8.42 Å². The zero-order chi connectivity index (χ0) is 14.6. The molecule has 0 spiro atoms. The number of halogens is 1. The van der Waals surface area contributed by atoms with Crippen LogP contribution in [0.25, 0.3) is 0 Å². The largest absolute Gasteiger partial charge is 0.370 e. The Morgan fingerprint density at radius 2 is 1.90 bits per heavy atom. The zero-order valence-electron chi connectivity index (χ0n) is 10.5. The van der Waals surface area contributed by atoms with Crippen LogP contribution in [-0.4, -0.2) is 24.9 Å². The number of rotatable bonds is 5. The minimum Gasteiger partial charge on any atom is -0.370 e. The lowest BCUT2D eigenvalue weighted by Crippen LogP contribution is -2.12. The van der Waals surface area contributed by atoms with E-state index in [-0.39, 0.29) is 4.90 Å². The molecule has 0 fully saturated rings. The van der Waals surface area contributed by atoms with Gasteiger partial charge in [-0.25, -0.2) is 23.5 Å². The Hall–Kier alpha value is -1.70. The molecule has 8 heteroatoms. The molecule has 6 nitrogen and oxygen atoms in total. The van der Waals surface area contributed by atoms with E-state index in [4.69, 9.17) is 16.7 Å². The van der Waals surface area contributed by atoms with Crippen LogP contribution in [-0.2, 0) is 16.4 Å². The monoisotopic (exact) mass is 312 g/mol. The quantitative estimate of drug-likeness (QED) is 0.814. The number of nitrogens with one attached hydrogen (secondary N) is 1. The van der Waals surface area contributed by atoms with Crippen molar-refractivity contribution in [2.75, 3.05) is 11.9 Å². The maximum atomic E-state index is 11.1. The summed E-state index contributed by atoms with van der Waals surface area (Å²) in [6.45, 7) is 0.641. The summed E-state index contributed by atoms with van der Waals surface area (Å²) in [5, 5.41) is 8.51. The lowest BCUT2D eigenvalue weighted by Gasteiger charge is -2.06. The number of nitrogens with zero attached hydrogens (tertiary/aromatic N) is 2. The van der Waals surface area contributed by atoms with Crippen molar-refractivity contribution in [1.29, 1.82) is 0 Å². The van der Waals surface area contributed by atoms with E-state index in [1.54, 1.807) is 18.2 Å². The number of sulfonamides is 1. The van der Waals surface area contributed by atoms with Crippen LogP contribution in [0.5, 0.6) is 0 Å². The average molecular weight is 313 g/mol. The number of benzene rings is 1. The average Bonchev–Trinajstić information content (AvgIpc) is 2.38. The van der Waals surface area contributed by atoms with Gasteiger partial charge in [0.2, 0.25) is 10.0 Å². The van der Waals surface area contributed by atoms with Crippen molar-refractivity contribution < 1.29 is 8.42 Å². The predicted octanol–water partition coefficient (Wildman–Crippen LogP) is 1.43. The SMILES string of the molecule is NS(=O)(=O)c1ccc(CCNc2cc(Cl)ncn2)cc1. The summed E-state index contributed by atoms with van der Waals surface area (Å²) in [5.41, 5.74) is 0.991. The smallest absolute Gasteiger partial charge is 0.238 e. The van der Waals surface area contributed by atoms with Gasteiger partial charge in [0.1, 0.15) is 17.3 Å². The summed E-state index contributed by atoms with van der Waals surface area (Å²) in [6, 6.07) is 8.08. The Kier molecular flexibility index (Phi) is 4.53. The molecule has 2 rings (SSSR count). The van der Waals surface area contributed by atoms with Crippen molar-refractivity contribution in [1.82, 2.24) is 9.97 Å². The van der Waals surface area contributed by atoms with Gasteiger partial charge in [-0.3, -0.25) is 0 Å². The van der Waals surface area contributed by atoms with Crippen LogP contribution in [0.3, 0.4) is 0 Å². The van der Waals surface area contributed by atoms with Gasteiger partial charge in [-0.05, 0) is 24.1 Å². The Morgan fingerprint density at radius 3 is 2.50 bits per heavy atom. The van der Waals surface area contributed by atoms with Gasteiger partial charge in [-0.15, -0.1) is 0 Å². The molecule has 1 aromatic carbocycles. The molecule has 0 unspecified atom stereocenters. The molecule has 0 atom stereocenters. The van der Waals surface area contributed by atoms with E-state index in [1.807, 2.05) is 0 Å². The van der Waals surface area contributed by atoms with Crippen LogP contribution in [0.2, 0.25) is 5.15 Å². The highest BCUT2D eigenvalue weighted by atomic mass is 35.5. The molecular weight excluding hydrogens is 300 g/mol. The Morgan fingerprint density at radius 1 is 1.20 bits per heavy atom. The maximum absolute atomic E-state index is 11.1. The summed E-state index contributed by atoms with van der Waals surface area (Å²) in [7, 11) is -3.64. The van der Waals surface area contributed by atoms with Crippen molar-refractivity contribution in [3.63, 3.8) is 0 Å². The van der Waals surface area contributed by atoms with Crippen molar-refractivity contribution in [2.24, 2.45) is 5.14 Å². The predicted molar refractivity (Wildman–Crippen MR) is 77.1 cm³/mol. The third kappa shape index (κ3) is 4.16. The molecule has 0 aliphatic rings. The van der Waals surface area contributed by atoms with E-state index in [0.717, 1.165) is 5.56 Å². The van der Waals surface area contributed by atoms with Crippen molar-refractivity contribution >= 4 is 27.4 Å². The summed E-state index contributed by atoms with van der Waals surface area (Å²) < 4.78 is 22.2. The molecule has 1 aromatic heterocycles. The number of primary sulfonamides is 1. The normalized spacial score (nSPS) is 11.3. The molecule has 0 amide bonds. The number of nitrogens with two attached hydrogens (primary N) is 1. The second-order valence-corrected chi connectivity index (χ2v) is 6.04. The molecular formula is C12H13ClN4O2S. The summed E-state index contributed by atoms with van der Waals surface area (Å²) in [5.74, 6) is 0.645. The molecule has 2 aromatic rings. The van der Waals surface area contributed by atoms with E-state index >= 15 is 0 Å². The molecule has 0 radical (unpaired) electrons. The topological polar surface area (TPSA) is 98.0 Å². The van der Waals surface area contributed by atoms with Gasteiger partial charge in [-0.2, -0.15) is 0 Å². The molecule has 3 N–H and O–H groups in total. The zero-order valence-corrected chi connectivity index (χ0v) is 12.0. The Balaban J connectivity index is 1.92. The molecule has 0 bridgehead atoms. The fourth-order valence-corrected chi connectivity index (χ4v) is 2.27. The van der Waals surface area contributed by atoms with Crippen molar-refractivity contribution in [3.05, 3.63) is 47.4 Å². The molecule has 1 heterocycles. The third-order valence-corrected chi connectivity index (χ3v) is 3.74. The summed E-state index contributed by atoms with van der Waals surface area (Å²) >= 11 is 5.74. The van der Waals surface area contributed by atoms with Gasteiger partial charge in [0.15, 0.2) is 0 Å². The first-order valence-electron chi connectivity index (χ1n) is 5.78. The van der Waals surface area contributed by atoms with Crippen molar-refractivity contribution in [2.45, 2.75) is 11.3 Å². The van der Waals surface area contributed by atoms with E-state index in [2.05, 4.69) is 15.3 Å². The van der Waals surface area contributed by atoms with E-state index in [1.165, 1.54) is 18.5 Å². The first-order valence-corrected chi connectivity index (χ1v) is 7.71. The Bertz CT molecular complexity index is 689. The number of aromatic nitrogens is 2. The minimum atomic E-state index is -3.64. The minimum absolute atomic E-state index is 0.108. The van der Waals surface area contributed by atoms with Gasteiger partial charge in [0.25, 0.3) is 0 Å². The van der Waals surface area contributed by atoms with Crippen LogP contribution in [0.4, 0.5) is 5.82 Å². The van der Waals surface area contributed by atoms with Crippen LogP contribution < -0.4 is 10.5 Å². The molecule has 106 valence electrons.